The summed E-state index contributed by atoms with van der Waals surface area (Å²) >= 11 is 5.86. The molecule has 1 amide bonds. The lowest BCUT2D eigenvalue weighted by molar-refractivity contribution is -0.120. The largest absolute Gasteiger partial charge is 0.326 e. The molecule has 1 heterocycles. The predicted molar refractivity (Wildman–Crippen MR) is 112 cm³/mol. The Hall–Kier alpha value is -1.89. The molecule has 0 radical (unpaired) electrons. The number of hydrogen-bond donors (Lipinski definition) is 1. The van der Waals surface area contributed by atoms with Crippen LogP contribution >= 0.6 is 11.6 Å². The van der Waals surface area contributed by atoms with Crippen LogP contribution in [0.3, 0.4) is 0 Å². The summed E-state index contributed by atoms with van der Waals surface area (Å²) in [5.74, 6) is -0.232. The number of hydrogen-bond acceptors (Lipinski definition) is 3. The van der Waals surface area contributed by atoms with E-state index in [1.165, 1.54) is 16.4 Å². The normalized spacial score (nSPS) is 18.2. The summed E-state index contributed by atoms with van der Waals surface area (Å²) in [5.41, 5.74) is 1.86. The minimum Gasteiger partial charge on any atom is -0.326 e. The van der Waals surface area contributed by atoms with Gasteiger partial charge in [-0.05, 0) is 54.7 Å². The van der Waals surface area contributed by atoms with Gasteiger partial charge in [-0.25, -0.2) is 8.42 Å². The number of nitrogens with zero attached hydrogens (tertiary/aromatic N) is 1. The van der Waals surface area contributed by atoms with Gasteiger partial charge in [0.2, 0.25) is 15.9 Å². The molecule has 0 saturated carbocycles. The number of nitrogens with one attached hydrogen (secondary N) is 1. The molecule has 1 aliphatic heterocycles. The molecular weight excluding hydrogens is 396 g/mol. The summed E-state index contributed by atoms with van der Waals surface area (Å²) in [5, 5.41) is 3.49. The second-order valence-corrected chi connectivity index (χ2v) is 9.76. The number of carbonyl (C=O) groups excluding carboxylic acids is 1. The Labute approximate surface area is 171 Å². The van der Waals surface area contributed by atoms with Crippen LogP contribution in [0.15, 0.2) is 53.4 Å². The standard InChI is InChI=1S/C21H25ClN2O3S/c1-15(2)19-7-3-4-8-20(19)23-21(25)16-6-5-13-24(14-16)28(26,27)18-11-9-17(22)10-12-18/h3-4,7-12,15-16H,5-6,13-14H2,1-2H3,(H,23,25)/t16-/m0/s1. The molecule has 2 aromatic rings. The zero-order valence-corrected chi connectivity index (χ0v) is 17.6. The van der Waals surface area contributed by atoms with Crippen LogP contribution < -0.4 is 5.32 Å². The third-order valence-corrected chi connectivity index (χ3v) is 7.18. The molecule has 2 aromatic carbocycles. The van der Waals surface area contributed by atoms with Gasteiger partial charge >= 0.3 is 0 Å². The molecule has 0 aliphatic carbocycles. The van der Waals surface area contributed by atoms with Crippen molar-refractivity contribution in [2.45, 2.75) is 37.5 Å². The first kappa shape index (κ1) is 20.8. The first-order chi connectivity index (χ1) is 13.3. The highest BCUT2D eigenvalue weighted by Gasteiger charge is 2.33. The van der Waals surface area contributed by atoms with Crippen LogP contribution in [0.5, 0.6) is 0 Å². The Kier molecular flexibility index (Phi) is 6.43. The number of amides is 1. The molecule has 1 fully saturated rings. The zero-order chi connectivity index (χ0) is 20.3. The molecule has 1 N–H and O–H groups in total. The minimum absolute atomic E-state index is 0.135. The number of para-hydroxylation sites is 1. The molecule has 1 aliphatic rings. The van der Waals surface area contributed by atoms with Crippen LogP contribution in [0.25, 0.3) is 0 Å². The van der Waals surface area contributed by atoms with Crippen LogP contribution in [-0.4, -0.2) is 31.7 Å². The van der Waals surface area contributed by atoms with Gasteiger partial charge in [0.15, 0.2) is 0 Å². The number of halogens is 1. The van der Waals surface area contributed by atoms with Crippen molar-refractivity contribution in [3.05, 3.63) is 59.1 Å². The Bertz CT molecular complexity index is 942. The van der Waals surface area contributed by atoms with Gasteiger partial charge in [-0.15, -0.1) is 0 Å². The molecule has 0 aromatic heterocycles. The molecule has 150 valence electrons. The summed E-state index contributed by atoms with van der Waals surface area (Å²) in [6, 6.07) is 13.8. The first-order valence-electron chi connectivity index (χ1n) is 9.44. The van der Waals surface area contributed by atoms with Crippen molar-refractivity contribution in [2.24, 2.45) is 5.92 Å². The molecule has 0 unspecified atom stereocenters. The SMILES string of the molecule is CC(C)c1ccccc1NC(=O)[C@H]1CCCN(S(=O)(=O)c2ccc(Cl)cc2)C1. The van der Waals surface area contributed by atoms with Crippen molar-refractivity contribution in [3.8, 4) is 0 Å². The van der Waals surface area contributed by atoms with E-state index >= 15 is 0 Å². The zero-order valence-electron chi connectivity index (χ0n) is 16.1. The maximum Gasteiger partial charge on any atom is 0.243 e. The van der Waals surface area contributed by atoms with Crippen LogP contribution in [0.2, 0.25) is 5.02 Å². The fourth-order valence-corrected chi connectivity index (χ4v) is 5.13. The van der Waals surface area contributed by atoms with E-state index in [2.05, 4.69) is 19.2 Å². The predicted octanol–water partition coefficient (Wildman–Crippen LogP) is 4.50. The Morgan fingerprint density at radius 2 is 1.82 bits per heavy atom. The van der Waals surface area contributed by atoms with Crippen LogP contribution in [0.4, 0.5) is 5.69 Å². The highest BCUT2D eigenvalue weighted by Crippen LogP contribution is 2.28. The number of rotatable bonds is 5. The third-order valence-electron chi connectivity index (χ3n) is 5.05. The van der Waals surface area contributed by atoms with Crippen molar-refractivity contribution in [2.75, 3.05) is 18.4 Å². The van der Waals surface area contributed by atoms with Gasteiger partial charge in [-0.1, -0.05) is 43.6 Å². The Morgan fingerprint density at radius 3 is 2.50 bits per heavy atom. The maximum atomic E-state index is 12.9. The van der Waals surface area contributed by atoms with Crippen molar-refractivity contribution in [1.29, 1.82) is 0 Å². The van der Waals surface area contributed by atoms with E-state index in [0.29, 0.717) is 24.4 Å². The van der Waals surface area contributed by atoms with Gasteiger partial charge in [0.25, 0.3) is 0 Å². The smallest absolute Gasteiger partial charge is 0.243 e. The highest BCUT2D eigenvalue weighted by atomic mass is 35.5. The van der Waals surface area contributed by atoms with E-state index in [9.17, 15) is 13.2 Å². The van der Waals surface area contributed by atoms with Crippen molar-refractivity contribution in [1.82, 2.24) is 4.31 Å². The quantitative estimate of drug-likeness (QED) is 0.774. The van der Waals surface area contributed by atoms with Gasteiger partial charge in [-0.2, -0.15) is 4.31 Å². The summed E-state index contributed by atoms with van der Waals surface area (Å²) in [7, 11) is -3.64. The number of benzene rings is 2. The number of carbonyl (C=O) groups is 1. The van der Waals surface area contributed by atoms with Crippen molar-refractivity contribution < 1.29 is 13.2 Å². The van der Waals surface area contributed by atoms with E-state index < -0.39 is 10.0 Å². The van der Waals surface area contributed by atoms with Crippen molar-refractivity contribution in [3.63, 3.8) is 0 Å². The molecule has 28 heavy (non-hydrogen) atoms. The van der Waals surface area contributed by atoms with Crippen LogP contribution in [0.1, 0.15) is 38.2 Å². The molecule has 1 saturated heterocycles. The lowest BCUT2D eigenvalue weighted by Gasteiger charge is -2.31. The average molecular weight is 421 g/mol. The van der Waals surface area contributed by atoms with Gasteiger partial charge in [0.05, 0.1) is 10.8 Å². The lowest BCUT2D eigenvalue weighted by atomic mass is 9.97. The molecule has 0 spiro atoms. The molecule has 1 atom stereocenters. The van der Waals surface area contributed by atoms with E-state index in [4.69, 9.17) is 11.6 Å². The van der Waals surface area contributed by atoms with Gasteiger partial charge in [0, 0.05) is 23.8 Å². The Balaban J connectivity index is 1.74. The molecule has 3 rings (SSSR count). The average Bonchev–Trinajstić information content (AvgIpc) is 2.68. The van der Waals surface area contributed by atoms with E-state index in [1.807, 2.05) is 24.3 Å². The first-order valence-corrected chi connectivity index (χ1v) is 11.3. The van der Waals surface area contributed by atoms with E-state index in [1.54, 1.807) is 12.1 Å². The fraction of sp³-hybridized carbons (Fsp3) is 0.381. The molecule has 5 nitrogen and oxygen atoms in total. The number of anilines is 1. The summed E-state index contributed by atoms with van der Waals surface area (Å²) in [4.78, 5) is 13.0. The van der Waals surface area contributed by atoms with E-state index in [0.717, 1.165) is 11.3 Å². The second kappa shape index (κ2) is 8.64. The summed E-state index contributed by atoms with van der Waals surface area (Å²) < 4.78 is 27.2. The van der Waals surface area contributed by atoms with Crippen LogP contribution in [-0.2, 0) is 14.8 Å². The summed E-state index contributed by atoms with van der Waals surface area (Å²) in [6.45, 7) is 4.75. The Morgan fingerprint density at radius 1 is 1.14 bits per heavy atom. The molecular formula is C21H25ClN2O3S. The topological polar surface area (TPSA) is 66.5 Å². The van der Waals surface area contributed by atoms with Crippen molar-refractivity contribution >= 4 is 33.2 Å². The number of sulfonamides is 1. The van der Waals surface area contributed by atoms with Crippen LogP contribution in [0, 0.1) is 5.92 Å². The van der Waals surface area contributed by atoms with Gasteiger partial charge < -0.3 is 5.32 Å². The fourth-order valence-electron chi connectivity index (χ4n) is 3.48. The monoisotopic (exact) mass is 420 g/mol. The highest BCUT2D eigenvalue weighted by molar-refractivity contribution is 7.89. The molecule has 0 bridgehead atoms. The third kappa shape index (κ3) is 4.57. The maximum absolute atomic E-state index is 12.9. The minimum atomic E-state index is -3.64. The molecule has 7 heteroatoms. The van der Waals surface area contributed by atoms with E-state index in [-0.39, 0.29) is 29.2 Å². The number of piperidine rings is 1. The second-order valence-electron chi connectivity index (χ2n) is 7.39. The van der Waals surface area contributed by atoms with Gasteiger partial charge in [-0.3, -0.25) is 4.79 Å². The lowest BCUT2D eigenvalue weighted by Crippen LogP contribution is -2.43. The summed E-state index contributed by atoms with van der Waals surface area (Å²) in [6.07, 6.45) is 1.32. The van der Waals surface area contributed by atoms with Gasteiger partial charge in [0.1, 0.15) is 0 Å².